The highest BCUT2D eigenvalue weighted by Crippen LogP contribution is 2.19. The van der Waals surface area contributed by atoms with Crippen molar-refractivity contribution in [1.29, 1.82) is 0 Å². The largest absolute Gasteiger partial charge is 0.383 e. The van der Waals surface area contributed by atoms with Gasteiger partial charge in [-0.15, -0.1) is 0 Å². The molecule has 1 aliphatic rings. The maximum atomic E-state index is 12.2. The summed E-state index contributed by atoms with van der Waals surface area (Å²) in [6, 6.07) is 0. The lowest BCUT2D eigenvalue weighted by molar-refractivity contribution is 0.0200. The van der Waals surface area contributed by atoms with Gasteiger partial charge in [0.25, 0.3) is 0 Å². The highest BCUT2D eigenvalue weighted by molar-refractivity contribution is 7.89. The molecule has 0 radical (unpaired) electrons. The summed E-state index contributed by atoms with van der Waals surface area (Å²) >= 11 is 0. The van der Waals surface area contributed by atoms with Crippen LogP contribution in [0.25, 0.3) is 0 Å². The average Bonchev–Trinajstić information content (AvgIpc) is 3.13. The van der Waals surface area contributed by atoms with Crippen LogP contribution in [0.5, 0.6) is 0 Å². The fourth-order valence-electron chi connectivity index (χ4n) is 2.93. The fourth-order valence-corrected chi connectivity index (χ4v) is 3.88. The summed E-state index contributed by atoms with van der Waals surface area (Å²) in [5.41, 5.74) is -0.513. The molecular formula is C18H34N6O4S. The standard InChI is InChI=1S/C18H34N6O4S/c1-4-19-17(21-14-18(2,25)15-11-22-24(3)13-15)20-8-10-29(26,27)23-12-16-7-5-6-9-28-16/h11,13,16,23,25H,4-10,12,14H2,1-3H3,(H2,19,20,21). The molecule has 2 unspecified atom stereocenters. The van der Waals surface area contributed by atoms with Crippen molar-refractivity contribution in [3.8, 4) is 0 Å². The summed E-state index contributed by atoms with van der Waals surface area (Å²) in [6.07, 6.45) is 6.29. The van der Waals surface area contributed by atoms with E-state index >= 15 is 0 Å². The predicted molar refractivity (Wildman–Crippen MR) is 112 cm³/mol. The first-order chi connectivity index (χ1) is 13.7. The predicted octanol–water partition coefficient (Wildman–Crippen LogP) is -0.329. The monoisotopic (exact) mass is 430 g/mol. The lowest BCUT2D eigenvalue weighted by Gasteiger charge is -2.22. The summed E-state index contributed by atoms with van der Waals surface area (Å²) in [4.78, 5) is 4.38. The van der Waals surface area contributed by atoms with Gasteiger partial charge in [-0.1, -0.05) is 0 Å². The van der Waals surface area contributed by atoms with E-state index in [0.717, 1.165) is 19.3 Å². The van der Waals surface area contributed by atoms with Crippen molar-refractivity contribution in [3.05, 3.63) is 18.0 Å². The Morgan fingerprint density at radius 1 is 1.45 bits per heavy atom. The number of sulfonamides is 1. The van der Waals surface area contributed by atoms with E-state index in [-0.39, 0.29) is 24.9 Å². The Morgan fingerprint density at radius 3 is 2.86 bits per heavy atom. The Bertz CT molecular complexity index is 756. The van der Waals surface area contributed by atoms with Gasteiger partial charge >= 0.3 is 0 Å². The molecule has 0 saturated carbocycles. The molecule has 166 valence electrons. The summed E-state index contributed by atoms with van der Waals surface area (Å²) in [7, 11) is -1.63. The molecule has 0 aromatic carbocycles. The van der Waals surface area contributed by atoms with E-state index in [1.165, 1.54) is 0 Å². The van der Waals surface area contributed by atoms with Gasteiger partial charge in [-0.25, -0.2) is 18.1 Å². The molecule has 10 nitrogen and oxygen atoms in total. The molecule has 2 atom stereocenters. The Kier molecular flexibility index (Phi) is 8.87. The van der Waals surface area contributed by atoms with Crippen LogP contribution in [-0.2, 0) is 27.4 Å². The minimum Gasteiger partial charge on any atom is -0.383 e. The maximum absolute atomic E-state index is 12.2. The van der Waals surface area contributed by atoms with Crippen LogP contribution in [-0.4, -0.2) is 73.9 Å². The number of aryl methyl sites for hydroxylation is 1. The number of nitrogens with one attached hydrogen (secondary N) is 3. The van der Waals surface area contributed by atoms with Crippen molar-refractivity contribution in [1.82, 2.24) is 25.1 Å². The number of aromatic nitrogens is 2. The second kappa shape index (κ2) is 10.9. The topological polar surface area (TPSA) is 130 Å². The number of aliphatic hydroxyl groups is 1. The van der Waals surface area contributed by atoms with Gasteiger partial charge in [-0.3, -0.25) is 4.68 Å². The number of hydrogen-bond acceptors (Lipinski definition) is 6. The molecule has 2 rings (SSSR count). The molecule has 2 heterocycles. The first-order valence-corrected chi connectivity index (χ1v) is 11.7. The minimum atomic E-state index is -3.41. The van der Waals surface area contributed by atoms with E-state index in [1.54, 1.807) is 31.0 Å². The van der Waals surface area contributed by atoms with Crippen LogP contribution >= 0.6 is 0 Å². The molecule has 1 aromatic rings. The zero-order chi connectivity index (χ0) is 21.3. The van der Waals surface area contributed by atoms with E-state index in [1.807, 2.05) is 6.92 Å². The van der Waals surface area contributed by atoms with Crippen LogP contribution < -0.4 is 15.4 Å². The second-order valence-corrected chi connectivity index (χ2v) is 9.38. The lowest BCUT2D eigenvalue weighted by atomic mass is 10.0. The summed E-state index contributed by atoms with van der Waals surface area (Å²) < 4.78 is 34.2. The molecule has 1 aromatic heterocycles. The third kappa shape index (κ3) is 8.29. The van der Waals surface area contributed by atoms with Gasteiger partial charge in [0.15, 0.2) is 5.96 Å². The van der Waals surface area contributed by atoms with Crippen molar-refractivity contribution < 1.29 is 18.3 Å². The molecule has 1 aliphatic heterocycles. The first kappa shape index (κ1) is 23.6. The fraction of sp³-hybridized carbons (Fsp3) is 0.778. The van der Waals surface area contributed by atoms with Gasteiger partial charge in [-0.2, -0.15) is 5.10 Å². The highest BCUT2D eigenvalue weighted by atomic mass is 32.2. The Morgan fingerprint density at radius 2 is 2.24 bits per heavy atom. The molecule has 0 amide bonds. The van der Waals surface area contributed by atoms with Crippen LogP contribution in [0.2, 0.25) is 0 Å². The zero-order valence-corrected chi connectivity index (χ0v) is 18.3. The van der Waals surface area contributed by atoms with E-state index < -0.39 is 15.6 Å². The molecule has 0 bridgehead atoms. The third-order valence-corrected chi connectivity index (χ3v) is 6.03. The van der Waals surface area contributed by atoms with E-state index in [4.69, 9.17) is 4.74 Å². The number of guanidine groups is 1. The normalized spacial score (nSPS) is 20.3. The number of hydrogen-bond donors (Lipinski definition) is 4. The number of rotatable bonds is 10. The SMILES string of the molecule is CCNC(=NCC(C)(O)c1cnn(C)c1)NCCS(=O)(=O)NCC1CCCCO1. The van der Waals surface area contributed by atoms with E-state index in [2.05, 4.69) is 25.4 Å². The molecule has 1 fully saturated rings. The van der Waals surface area contributed by atoms with Crippen LogP contribution in [0.4, 0.5) is 0 Å². The van der Waals surface area contributed by atoms with Gasteiger partial charge in [0, 0.05) is 45.0 Å². The van der Waals surface area contributed by atoms with Crippen molar-refractivity contribution in [3.63, 3.8) is 0 Å². The molecule has 0 aliphatic carbocycles. The Labute approximate surface area is 173 Å². The lowest BCUT2D eigenvalue weighted by Crippen LogP contribution is -2.43. The molecule has 1 saturated heterocycles. The molecule has 29 heavy (non-hydrogen) atoms. The van der Waals surface area contributed by atoms with Gasteiger partial charge in [0.2, 0.25) is 10.0 Å². The van der Waals surface area contributed by atoms with Crippen molar-refractivity contribution in [2.24, 2.45) is 12.0 Å². The summed E-state index contributed by atoms with van der Waals surface area (Å²) in [5, 5.41) is 20.8. The second-order valence-electron chi connectivity index (χ2n) is 7.45. The van der Waals surface area contributed by atoms with Gasteiger partial charge < -0.3 is 20.5 Å². The Hall–Kier alpha value is -1.69. The number of ether oxygens (including phenoxy) is 1. The Balaban J connectivity index is 1.82. The molecule has 4 N–H and O–H groups in total. The molecular weight excluding hydrogens is 396 g/mol. The molecule has 0 spiro atoms. The van der Waals surface area contributed by atoms with Crippen molar-refractivity contribution in [2.45, 2.75) is 44.8 Å². The zero-order valence-electron chi connectivity index (χ0n) is 17.5. The minimum absolute atomic E-state index is 0.0416. The number of aliphatic imine (C=N–C) groups is 1. The maximum Gasteiger partial charge on any atom is 0.213 e. The van der Waals surface area contributed by atoms with Crippen LogP contribution in [0.1, 0.15) is 38.7 Å². The van der Waals surface area contributed by atoms with Gasteiger partial charge in [-0.05, 0) is 33.1 Å². The quantitative estimate of drug-likeness (QED) is 0.295. The van der Waals surface area contributed by atoms with Gasteiger partial charge in [0.1, 0.15) is 5.60 Å². The van der Waals surface area contributed by atoms with Crippen LogP contribution in [0.15, 0.2) is 17.4 Å². The van der Waals surface area contributed by atoms with Crippen molar-refractivity contribution in [2.75, 3.05) is 38.5 Å². The van der Waals surface area contributed by atoms with Crippen LogP contribution in [0.3, 0.4) is 0 Å². The average molecular weight is 431 g/mol. The molecule has 11 heteroatoms. The summed E-state index contributed by atoms with van der Waals surface area (Å²) in [6.45, 7) is 5.51. The highest BCUT2D eigenvalue weighted by Gasteiger charge is 2.24. The van der Waals surface area contributed by atoms with Gasteiger partial charge in [0.05, 0.1) is 24.6 Å². The van der Waals surface area contributed by atoms with E-state index in [9.17, 15) is 13.5 Å². The first-order valence-electron chi connectivity index (χ1n) is 10.0. The third-order valence-electron chi connectivity index (χ3n) is 4.68. The van der Waals surface area contributed by atoms with E-state index in [0.29, 0.717) is 31.2 Å². The van der Waals surface area contributed by atoms with Crippen LogP contribution in [0, 0.1) is 0 Å². The van der Waals surface area contributed by atoms with Crippen molar-refractivity contribution >= 4 is 16.0 Å². The summed E-state index contributed by atoms with van der Waals surface area (Å²) in [5.74, 6) is 0.367. The smallest absolute Gasteiger partial charge is 0.213 e. The number of nitrogens with zero attached hydrogens (tertiary/aromatic N) is 3.